The Bertz CT molecular complexity index is 1390. The quantitative estimate of drug-likeness (QED) is 0.215. The highest BCUT2D eigenvalue weighted by Gasteiger charge is 2.78. The molecule has 4 aliphatic rings. The van der Waals surface area contributed by atoms with E-state index in [4.69, 9.17) is 18.6 Å². The van der Waals surface area contributed by atoms with Crippen LogP contribution >= 0.6 is 0 Å². The summed E-state index contributed by atoms with van der Waals surface area (Å²) in [5, 5.41) is 24.6. The van der Waals surface area contributed by atoms with E-state index in [9.17, 15) is 19.8 Å². The van der Waals surface area contributed by atoms with Crippen LogP contribution in [0.1, 0.15) is 85.5 Å². The fraction of sp³-hybridized carbons (Fsp3) is 0.694. The minimum absolute atomic E-state index is 0.0238. The molecule has 0 aromatic heterocycles. The number of fused-ring (bicyclic) bond motifs is 5. The minimum atomic E-state index is -2.34. The molecule has 1 aromatic rings. The zero-order chi connectivity index (χ0) is 34.0. The summed E-state index contributed by atoms with van der Waals surface area (Å²) < 4.78 is 26.1. The Balaban J connectivity index is 1.84. The van der Waals surface area contributed by atoms with Crippen molar-refractivity contribution in [2.45, 2.75) is 129 Å². The summed E-state index contributed by atoms with van der Waals surface area (Å²) in [6, 6.07) is 11.0. The number of aliphatic hydroxyl groups is 2. The summed E-state index contributed by atoms with van der Waals surface area (Å²) in [7, 11) is -2.34. The number of ether oxygens (including phenoxy) is 3. The summed E-state index contributed by atoms with van der Waals surface area (Å²) >= 11 is 0. The maximum Gasteiger partial charge on any atom is 0.338 e. The van der Waals surface area contributed by atoms with Gasteiger partial charge in [0.05, 0.1) is 35.7 Å². The van der Waals surface area contributed by atoms with E-state index in [0.717, 1.165) is 18.1 Å². The van der Waals surface area contributed by atoms with Gasteiger partial charge >= 0.3 is 11.9 Å². The molecule has 1 heterocycles. The summed E-state index contributed by atoms with van der Waals surface area (Å²) in [6.45, 7) is 16.9. The average Bonchev–Trinajstić information content (AvgIpc) is 3.01. The molecule has 0 radical (unpaired) electrons. The highest BCUT2D eigenvalue weighted by Crippen LogP contribution is 2.65. The third-order valence-electron chi connectivity index (χ3n) is 12.5. The van der Waals surface area contributed by atoms with Gasteiger partial charge in [0.1, 0.15) is 23.6 Å². The van der Waals surface area contributed by atoms with Gasteiger partial charge in [0.15, 0.2) is 13.9 Å². The molecular formula is C36H52O9Si. The van der Waals surface area contributed by atoms with Gasteiger partial charge in [0.25, 0.3) is 0 Å². The first kappa shape index (κ1) is 34.9. The number of carbonyl (C=O) groups excluding carboxylic acids is 3. The maximum atomic E-state index is 15.4. The van der Waals surface area contributed by atoms with E-state index in [1.807, 2.05) is 34.6 Å². The normalized spacial score (nSPS) is 38.5. The van der Waals surface area contributed by atoms with Crippen LogP contribution in [-0.2, 0) is 28.2 Å². The predicted molar refractivity (Wildman–Crippen MR) is 174 cm³/mol. The van der Waals surface area contributed by atoms with Gasteiger partial charge in [-0.05, 0) is 55.3 Å². The lowest BCUT2D eigenvalue weighted by molar-refractivity contribution is -0.344. The van der Waals surface area contributed by atoms with Crippen LogP contribution in [0.3, 0.4) is 0 Å². The van der Waals surface area contributed by atoms with E-state index in [0.29, 0.717) is 17.6 Å². The molecule has 0 spiro atoms. The topological polar surface area (TPSA) is 129 Å². The molecule has 9 atom stereocenters. The third kappa shape index (κ3) is 4.88. The standard InChI is InChI=1S/C36H52O9Si/c1-10-46(11-2,12-3)45-26-18-27-35(20-42-27,44-23(6)37)29-31(43-32(40)24-16-14-13-15-17-24)36(41)19-25(38)21(4)28(33(36,7)8)22(5)30(39)34(26,29)9/h13-17,22,25-27,29,31,38,41H,10-12,18-20H2,1-9H3/t22-,25?,26+,27-,29+,31+,34-,35+,36-/m1/s1. The largest absolute Gasteiger partial charge is 0.455 e. The first-order valence-corrected chi connectivity index (χ1v) is 19.4. The van der Waals surface area contributed by atoms with E-state index >= 15 is 4.79 Å². The molecule has 1 saturated heterocycles. The van der Waals surface area contributed by atoms with Crippen LogP contribution in [0.25, 0.3) is 0 Å². The Morgan fingerprint density at radius 3 is 2.20 bits per heavy atom. The fourth-order valence-corrected chi connectivity index (χ4v) is 12.6. The number of hydrogen-bond acceptors (Lipinski definition) is 9. The van der Waals surface area contributed by atoms with Crippen LogP contribution in [0, 0.1) is 22.7 Å². The molecule has 0 amide bonds. The minimum Gasteiger partial charge on any atom is -0.455 e. The highest BCUT2D eigenvalue weighted by atomic mass is 28.4. The van der Waals surface area contributed by atoms with Crippen molar-refractivity contribution in [2.75, 3.05) is 6.61 Å². The lowest BCUT2D eigenvalue weighted by atomic mass is 9.43. The predicted octanol–water partition coefficient (Wildman–Crippen LogP) is 5.39. The zero-order valence-electron chi connectivity index (χ0n) is 28.8. The number of rotatable bonds is 8. The number of benzene rings is 1. The number of carbonyl (C=O) groups is 3. The molecular weight excluding hydrogens is 604 g/mol. The second kappa shape index (κ2) is 11.9. The molecule has 3 aliphatic carbocycles. The van der Waals surface area contributed by atoms with Gasteiger partial charge in [-0.25, -0.2) is 4.79 Å². The number of esters is 2. The molecule has 1 unspecified atom stereocenters. The highest BCUT2D eigenvalue weighted by molar-refractivity contribution is 6.73. The molecule has 2 N–H and O–H groups in total. The third-order valence-corrected chi connectivity index (χ3v) is 17.2. The summed E-state index contributed by atoms with van der Waals surface area (Å²) in [6.07, 6.45) is -3.58. The van der Waals surface area contributed by atoms with Crippen LogP contribution < -0.4 is 0 Å². The van der Waals surface area contributed by atoms with Crippen LogP contribution in [0.5, 0.6) is 0 Å². The molecule has 10 heteroatoms. The van der Waals surface area contributed by atoms with Crippen LogP contribution in [0.2, 0.25) is 18.1 Å². The van der Waals surface area contributed by atoms with Gasteiger partial charge in [-0.2, -0.15) is 0 Å². The molecule has 2 bridgehead atoms. The van der Waals surface area contributed by atoms with Gasteiger partial charge in [0.2, 0.25) is 0 Å². The number of aliphatic hydroxyl groups excluding tert-OH is 1. The van der Waals surface area contributed by atoms with Crippen molar-refractivity contribution >= 4 is 26.0 Å². The molecule has 46 heavy (non-hydrogen) atoms. The Labute approximate surface area is 274 Å². The van der Waals surface area contributed by atoms with E-state index in [1.165, 1.54) is 6.92 Å². The van der Waals surface area contributed by atoms with Crippen molar-refractivity contribution < 1.29 is 43.2 Å². The fourth-order valence-electron chi connectivity index (χ4n) is 9.61. The zero-order valence-corrected chi connectivity index (χ0v) is 29.8. The van der Waals surface area contributed by atoms with E-state index in [-0.39, 0.29) is 24.4 Å². The molecule has 3 fully saturated rings. The van der Waals surface area contributed by atoms with Gasteiger partial charge in [0, 0.05) is 31.1 Å². The molecule has 254 valence electrons. The molecule has 9 nitrogen and oxygen atoms in total. The summed E-state index contributed by atoms with van der Waals surface area (Å²) in [4.78, 5) is 42.3. The van der Waals surface area contributed by atoms with Crippen molar-refractivity contribution in [3.05, 3.63) is 47.0 Å². The number of hydrogen-bond donors (Lipinski definition) is 2. The van der Waals surface area contributed by atoms with Crippen LogP contribution in [0.4, 0.5) is 0 Å². The first-order chi connectivity index (χ1) is 21.5. The monoisotopic (exact) mass is 656 g/mol. The number of ketones is 1. The average molecular weight is 657 g/mol. The number of Topliss-reactive ketones (excluding diaryl/α,β-unsaturated/α-hetero) is 1. The smallest absolute Gasteiger partial charge is 0.338 e. The van der Waals surface area contributed by atoms with Gasteiger partial charge in [-0.1, -0.05) is 59.7 Å². The molecule has 1 aliphatic heterocycles. The Kier molecular flexibility index (Phi) is 9.08. The second-order valence-corrected chi connectivity index (χ2v) is 19.6. The first-order valence-electron chi connectivity index (χ1n) is 16.9. The second-order valence-electron chi connectivity index (χ2n) is 14.8. The summed E-state index contributed by atoms with van der Waals surface area (Å²) in [5.74, 6) is -3.15. The Morgan fingerprint density at radius 1 is 1.07 bits per heavy atom. The maximum absolute atomic E-state index is 15.4. The van der Waals surface area contributed by atoms with E-state index < -0.39 is 78.5 Å². The Hall–Kier alpha value is -2.37. The van der Waals surface area contributed by atoms with Crippen LogP contribution in [-0.4, -0.2) is 78.5 Å². The van der Waals surface area contributed by atoms with Crippen molar-refractivity contribution in [1.82, 2.24) is 0 Å². The van der Waals surface area contributed by atoms with Crippen molar-refractivity contribution in [1.29, 1.82) is 0 Å². The molecule has 1 aromatic carbocycles. The lowest BCUT2D eigenvalue weighted by Gasteiger charge is -2.68. The lowest BCUT2D eigenvalue weighted by Crippen LogP contribution is -2.81. The van der Waals surface area contributed by atoms with E-state index in [2.05, 4.69) is 20.8 Å². The van der Waals surface area contributed by atoms with E-state index in [1.54, 1.807) is 30.3 Å². The Morgan fingerprint density at radius 2 is 1.67 bits per heavy atom. The van der Waals surface area contributed by atoms with Crippen LogP contribution in [0.15, 0.2) is 41.5 Å². The van der Waals surface area contributed by atoms with Crippen molar-refractivity contribution in [3.8, 4) is 0 Å². The van der Waals surface area contributed by atoms with Gasteiger partial charge < -0.3 is 28.8 Å². The van der Waals surface area contributed by atoms with Gasteiger partial charge in [-0.15, -0.1) is 0 Å². The SMILES string of the molecule is CC[Si](CC)(CC)O[C@H]1C[C@H]2OC[C@@]2(OC(C)=O)[C@H]2[C@H](OC(=O)c3ccccc3)[C@]3(O)CC(O)C(C)=C([C@@H](C)C(=O)[C@]12C)C3(C)C. The molecule has 2 saturated carbocycles. The van der Waals surface area contributed by atoms with Gasteiger partial charge in [-0.3, -0.25) is 9.59 Å². The van der Waals surface area contributed by atoms with Crippen molar-refractivity contribution in [3.63, 3.8) is 0 Å². The summed E-state index contributed by atoms with van der Waals surface area (Å²) in [5.41, 5.74) is -4.18. The van der Waals surface area contributed by atoms with Crippen molar-refractivity contribution in [2.24, 2.45) is 22.7 Å². The molecule has 5 rings (SSSR count).